The maximum absolute atomic E-state index is 13.5. The van der Waals surface area contributed by atoms with E-state index < -0.39 is 17.5 Å². The molecular weight excluding hydrogens is 288 g/mol. The number of carbonyl (C=O) groups excluding carboxylic acids is 1. The van der Waals surface area contributed by atoms with E-state index in [1.807, 2.05) is 0 Å². The van der Waals surface area contributed by atoms with Crippen LogP contribution in [0, 0.1) is 11.6 Å². The first-order chi connectivity index (χ1) is 9.51. The first-order valence-corrected chi connectivity index (χ1v) is 5.91. The van der Waals surface area contributed by atoms with Gasteiger partial charge in [-0.25, -0.2) is 8.78 Å². The average molecular weight is 298 g/mol. The predicted octanol–water partition coefficient (Wildman–Crippen LogP) is 3.16. The highest BCUT2D eigenvalue weighted by atomic mass is 35.5. The van der Waals surface area contributed by atoms with Gasteiger partial charge in [0.25, 0.3) is 5.91 Å². The summed E-state index contributed by atoms with van der Waals surface area (Å²) >= 11 is 5.68. The molecule has 0 radical (unpaired) electrons. The molecule has 20 heavy (non-hydrogen) atoms. The molecule has 2 aromatic carbocycles. The summed E-state index contributed by atoms with van der Waals surface area (Å²) in [7, 11) is 0. The summed E-state index contributed by atoms with van der Waals surface area (Å²) in [6.07, 6.45) is 0. The van der Waals surface area contributed by atoms with Crippen LogP contribution in [0.2, 0.25) is 5.02 Å². The van der Waals surface area contributed by atoms with Crippen molar-refractivity contribution in [3.05, 3.63) is 58.6 Å². The molecule has 104 valence electrons. The Labute approximate surface area is 118 Å². The molecule has 0 aliphatic carbocycles. The third-order valence-electron chi connectivity index (χ3n) is 2.52. The van der Waals surface area contributed by atoms with Gasteiger partial charge in [-0.15, -0.1) is 0 Å². The lowest BCUT2D eigenvalue weighted by Gasteiger charge is -2.10. The molecule has 0 atom stereocenters. The number of hydrogen-bond acceptors (Lipinski definition) is 3. The summed E-state index contributed by atoms with van der Waals surface area (Å²) in [5, 5.41) is 2.55. The van der Waals surface area contributed by atoms with E-state index in [0.29, 0.717) is 0 Å². The molecule has 2 aromatic rings. The lowest BCUT2D eigenvalue weighted by molar-refractivity contribution is 0.102. The molecule has 0 aliphatic rings. The molecule has 0 fully saturated rings. The number of carbonyl (C=O) groups is 1. The van der Waals surface area contributed by atoms with E-state index in [1.165, 1.54) is 18.2 Å². The van der Waals surface area contributed by atoms with Crippen LogP contribution in [0.25, 0.3) is 0 Å². The van der Waals surface area contributed by atoms with Gasteiger partial charge in [-0.1, -0.05) is 17.7 Å². The average Bonchev–Trinajstić information content (AvgIpc) is 2.37. The molecular formula is C13H10ClF2N3O. The molecule has 0 spiro atoms. The van der Waals surface area contributed by atoms with E-state index >= 15 is 0 Å². The Hall–Kier alpha value is -2.18. The van der Waals surface area contributed by atoms with E-state index in [1.54, 1.807) is 0 Å². The molecule has 0 saturated carbocycles. The highest BCUT2D eigenvalue weighted by Gasteiger charge is 2.15. The maximum Gasteiger partial charge on any atom is 0.257 e. The number of para-hydroxylation sites is 1. The summed E-state index contributed by atoms with van der Waals surface area (Å²) in [5.74, 6) is 3.28. The molecule has 0 heterocycles. The summed E-state index contributed by atoms with van der Waals surface area (Å²) in [5.41, 5.74) is 2.12. The third kappa shape index (κ3) is 3.04. The van der Waals surface area contributed by atoms with Crippen LogP contribution in [0.4, 0.5) is 20.2 Å². The van der Waals surface area contributed by atoms with E-state index in [-0.39, 0.29) is 22.0 Å². The second-order valence-electron chi connectivity index (χ2n) is 3.92. The highest BCUT2D eigenvalue weighted by Crippen LogP contribution is 2.22. The third-order valence-corrected chi connectivity index (χ3v) is 2.74. The highest BCUT2D eigenvalue weighted by molar-refractivity contribution is 6.31. The van der Waals surface area contributed by atoms with Gasteiger partial charge in [0.1, 0.15) is 11.6 Å². The second kappa shape index (κ2) is 5.85. The Morgan fingerprint density at radius 3 is 2.60 bits per heavy atom. The molecule has 0 aromatic heterocycles. The topological polar surface area (TPSA) is 67.1 Å². The Morgan fingerprint density at radius 2 is 1.95 bits per heavy atom. The predicted molar refractivity (Wildman–Crippen MR) is 73.6 cm³/mol. The van der Waals surface area contributed by atoms with Gasteiger partial charge in [0.2, 0.25) is 0 Å². The van der Waals surface area contributed by atoms with Gasteiger partial charge in [0.15, 0.2) is 0 Å². The van der Waals surface area contributed by atoms with Crippen LogP contribution in [0.15, 0.2) is 36.4 Å². The molecule has 0 unspecified atom stereocenters. The number of nitrogen functional groups attached to an aromatic ring is 1. The van der Waals surface area contributed by atoms with Gasteiger partial charge in [-0.05, 0) is 30.3 Å². The summed E-state index contributed by atoms with van der Waals surface area (Å²) in [6.45, 7) is 0. The molecule has 4 N–H and O–H groups in total. The first kappa shape index (κ1) is 14.2. The minimum absolute atomic E-state index is 0.00659. The summed E-state index contributed by atoms with van der Waals surface area (Å²) in [6, 6.07) is 7.48. The molecule has 2 rings (SSSR count). The minimum atomic E-state index is -0.669. The standard InChI is InChI=1S/C13H10ClF2N3O/c14-7-4-8(15)6-9(5-7)18-13(20)10-2-1-3-11(16)12(10)19-17/h1-6,19H,17H2,(H,18,20). The zero-order valence-corrected chi connectivity index (χ0v) is 10.8. The first-order valence-electron chi connectivity index (χ1n) is 5.54. The minimum Gasteiger partial charge on any atom is -0.322 e. The van der Waals surface area contributed by atoms with Crippen LogP contribution >= 0.6 is 11.6 Å². The van der Waals surface area contributed by atoms with Crippen molar-refractivity contribution >= 4 is 28.9 Å². The number of hydrogen-bond donors (Lipinski definition) is 3. The normalized spacial score (nSPS) is 10.2. The van der Waals surface area contributed by atoms with Crippen LogP contribution in [0.3, 0.4) is 0 Å². The van der Waals surface area contributed by atoms with Gasteiger partial charge < -0.3 is 10.7 Å². The number of anilines is 2. The van der Waals surface area contributed by atoms with Gasteiger partial charge >= 0.3 is 0 Å². The largest absolute Gasteiger partial charge is 0.322 e. The maximum atomic E-state index is 13.5. The van der Waals surface area contributed by atoms with E-state index in [2.05, 4.69) is 10.7 Å². The number of nitrogens with two attached hydrogens (primary N) is 1. The van der Waals surface area contributed by atoms with Crippen molar-refractivity contribution in [1.29, 1.82) is 0 Å². The van der Waals surface area contributed by atoms with E-state index in [4.69, 9.17) is 17.4 Å². The van der Waals surface area contributed by atoms with Crippen molar-refractivity contribution in [2.75, 3.05) is 10.7 Å². The second-order valence-corrected chi connectivity index (χ2v) is 4.36. The zero-order chi connectivity index (χ0) is 14.7. The van der Waals surface area contributed by atoms with Gasteiger partial charge in [0, 0.05) is 10.7 Å². The smallest absolute Gasteiger partial charge is 0.257 e. The van der Waals surface area contributed by atoms with Crippen LogP contribution in [-0.4, -0.2) is 5.91 Å². The number of rotatable bonds is 3. The van der Waals surface area contributed by atoms with Crippen molar-refractivity contribution in [1.82, 2.24) is 0 Å². The number of hydrazine groups is 1. The lowest BCUT2D eigenvalue weighted by Crippen LogP contribution is -2.18. The molecule has 7 heteroatoms. The monoisotopic (exact) mass is 297 g/mol. The van der Waals surface area contributed by atoms with Gasteiger partial charge in [-0.2, -0.15) is 0 Å². The van der Waals surface area contributed by atoms with E-state index in [0.717, 1.165) is 18.2 Å². The SMILES string of the molecule is NNc1c(F)cccc1C(=O)Nc1cc(F)cc(Cl)c1. The zero-order valence-electron chi connectivity index (χ0n) is 10.1. The fourth-order valence-electron chi connectivity index (χ4n) is 1.68. The number of halogens is 3. The van der Waals surface area contributed by atoms with Crippen LogP contribution in [0.5, 0.6) is 0 Å². The molecule has 0 aliphatic heterocycles. The number of nitrogens with one attached hydrogen (secondary N) is 2. The fourth-order valence-corrected chi connectivity index (χ4v) is 1.91. The Kier molecular flexibility index (Phi) is 4.16. The van der Waals surface area contributed by atoms with Crippen LogP contribution in [-0.2, 0) is 0 Å². The van der Waals surface area contributed by atoms with Crippen molar-refractivity contribution in [2.24, 2.45) is 5.84 Å². The molecule has 4 nitrogen and oxygen atoms in total. The fraction of sp³-hybridized carbons (Fsp3) is 0. The van der Waals surface area contributed by atoms with Crippen LogP contribution < -0.4 is 16.6 Å². The molecule has 0 bridgehead atoms. The van der Waals surface area contributed by atoms with Gasteiger partial charge in [0.05, 0.1) is 11.3 Å². The molecule has 1 amide bonds. The van der Waals surface area contributed by atoms with Crippen molar-refractivity contribution in [2.45, 2.75) is 0 Å². The van der Waals surface area contributed by atoms with Crippen molar-refractivity contribution in [3.63, 3.8) is 0 Å². The summed E-state index contributed by atoms with van der Waals surface area (Å²) < 4.78 is 26.6. The quantitative estimate of drug-likeness (QED) is 0.602. The summed E-state index contributed by atoms with van der Waals surface area (Å²) in [4.78, 5) is 12.0. The Bertz CT molecular complexity index is 644. The van der Waals surface area contributed by atoms with Crippen molar-refractivity contribution < 1.29 is 13.6 Å². The van der Waals surface area contributed by atoms with Gasteiger partial charge in [-0.3, -0.25) is 10.6 Å². The van der Waals surface area contributed by atoms with Crippen LogP contribution in [0.1, 0.15) is 10.4 Å². The lowest BCUT2D eigenvalue weighted by atomic mass is 10.1. The Balaban J connectivity index is 2.31. The number of amides is 1. The van der Waals surface area contributed by atoms with Crippen molar-refractivity contribution in [3.8, 4) is 0 Å². The number of benzene rings is 2. The van der Waals surface area contributed by atoms with E-state index in [9.17, 15) is 13.6 Å². The Morgan fingerprint density at radius 1 is 1.20 bits per heavy atom. The molecule has 0 saturated heterocycles.